The van der Waals surface area contributed by atoms with Gasteiger partial charge in [-0.25, -0.2) is 9.18 Å². The van der Waals surface area contributed by atoms with Crippen LogP contribution in [0.25, 0.3) is 0 Å². The Hall–Kier alpha value is -2.42. The number of methoxy groups -OCH3 is 1. The van der Waals surface area contributed by atoms with E-state index in [0.717, 1.165) is 0 Å². The van der Waals surface area contributed by atoms with Crippen molar-refractivity contribution in [2.45, 2.75) is 26.3 Å². The molecule has 1 aromatic rings. The number of nitrogens with one attached hydrogen (secondary N) is 1. The van der Waals surface area contributed by atoms with E-state index in [-0.39, 0.29) is 17.9 Å². The van der Waals surface area contributed by atoms with Gasteiger partial charge in [0.2, 0.25) is 0 Å². The summed E-state index contributed by atoms with van der Waals surface area (Å²) in [4.78, 5) is 11.4. The van der Waals surface area contributed by atoms with Crippen LogP contribution in [0.2, 0.25) is 0 Å². The first-order chi connectivity index (χ1) is 9.73. The van der Waals surface area contributed by atoms with Crippen LogP contribution in [0.1, 0.15) is 26.3 Å². The lowest BCUT2D eigenvalue weighted by Crippen LogP contribution is -2.40. The van der Waals surface area contributed by atoms with Crippen LogP contribution in [-0.4, -0.2) is 25.3 Å². The number of anilines is 1. The molecule has 0 heterocycles. The predicted octanol–water partition coefficient (Wildman–Crippen LogP) is 2.29. The lowest BCUT2D eigenvalue weighted by molar-refractivity contribution is 0.151. The number of rotatable bonds is 2. The van der Waals surface area contributed by atoms with E-state index >= 15 is 0 Å². The van der Waals surface area contributed by atoms with Gasteiger partial charge < -0.3 is 20.5 Å². The first kappa shape index (κ1) is 16.6. The van der Waals surface area contributed by atoms with Crippen molar-refractivity contribution in [3.63, 3.8) is 0 Å². The Kier molecular flexibility index (Phi) is 5.42. The van der Waals surface area contributed by atoms with E-state index in [4.69, 9.17) is 15.2 Å². The average molecular weight is 294 g/mol. The minimum absolute atomic E-state index is 0.0545. The smallest absolute Gasteiger partial charge is 0.408 e. The monoisotopic (exact) mass is 294 g/mol. The van der Waals surface area contributed by atoms with Gasteiger partial charge in [0.15, 0.2) is 18.2 Å². The summed E-state index contributed by atoms with van der Waals surface area (Å²) in [6, 6.07) is 2.53. The topological polar surface area (TPSA) is 73.6 Å². The van der Waals surface area contributed by atoms with E-state index in [0.29, 0.717) is 11.3 Å². The number of alkyl carbamates (subject to hydrolysis) is 1. The molecule has 114 valence electrons. The first-order valence-electron chi connectivity index (χ1n) is 6.30. The Bertz CT molecular complexity index is 583. The summed E-state index contributed by atoms with van der Waals surface area (Å²) in [7, 11) is 1.35. The number of halogens is 1. The normalized spacial score (nSPS) is 10.3. The molecular formula is C15H19FN2O3. The number of benzene rings is 1. The molecule has 0 bridgehead atoms. The van der Waals surface area contributed by atoms with Crippen molar-refractivity contribution in [2.24, 2.45) is 0 Å². The number of nitrogens with two attached hydrogens (primary N) is 1. The van der Waals surface area contributed by atoms with Gasteiger partial charge in [0.25, 0.3) is 0 Å². The molecule has 3 N–H and O–H groups in total. The first-order valence-corrected chi connectivity index (χ1v) is 6.30. The van der Waals surface area contributed by atoms with Gasteiger partial charge in [-0.3, -0.25) is 0 Å². The number of amides is 1. The van der Waals surface area contributed by atoms with E-state index in [2.05, 4.69) is 17.2 Å². The molecule has 0 atom stereocenters. The van der Waals surface area contributed by atoms with Crippen LogP contribution in [0.15, 0.2) is 12.1 Å². The molecule has 0 aromatic heterocycles. The van der Waals surface area contributed by atoms with Crippen LogP contribution in [0.3, 0.4) is 0 Å². The molecule has 0 radical (unpaired) electrons. The third kappa shape index (κ3) is 5.61. The Morgan fingerprint density at radius 1 is 1.43 bits per heavy atom. The summed E-state index contributed by atoms with van der Waals surface area (Å²) in [5.41, 5.74) is 5.95. The van der Waals surface area contributed by atoms with Crippen molar-refractivity contribution in [1.82, 2.24) is 5.32 Å². The maximum absolute atomic E-state index is 13.5. The van der Waals surface area contributed by atoms with Crippen molar-refractivity contribution >= 4 is 11.8 Å². The fourth-order valence-corrected chi connectivity index (χ4v) is 1.41. The highest BCUT2D eigenvalue weighted by Crippen LogP contribution is 2.23. The largest absolute Gasteiger partial charge is 0.494 e. The van der Waals surface area contributed by atoms with Crippen molar-refractivity contribution in [1.29, 1.82) is 0 Å². The minimum Gasteiger partial charge on any atom is -0.494 e. The summed E-state index contributed by atoms with van der Waals surface area (Å²) in [5.74, 6) is 4.75. The van der Waals surface area contributed by atoms with Crippen molar-refractivity contribution in [3.8, 4) is 17.6 Å². The van der Waals surface area contributed by atoms with Crippen molar-refractivity contribution in [2.75, 3.05) is 19.5 Å². The molecule has 0 fully saturated rings. The number of hydrogen-bond donors (Lipinski definition) is 2. The molecule has 0 aliphatic heterocycles. The zero-order valence-electron chi connectivity index (χ0n) is 12.5. The van der Waals surface area contributed by atoms with Gasteiger partial charge in [0.1, 0.15) is 0 Å². The average Bonchev–Trinajstić information content (AvgIpc) is 2.35. The molecule has 0 saturated carbocycles. The molecule has 0 spiro atoms. The lowest BCUT2D eigenvalue weighted by Gasteiger charge is -2.19. The van der Waals surface area contributed by atoms with Gasteiger partial charge in [-0.15, -0.1) is 0 Å². The van der Waals surface area contributed by atoms with Crippen molar-refractivity contribution < 1.29 is 18.7 Å². The predicted molar refractivity (Wildman–Crippen MR) is 78.5 cm³/mol. The highest BCUT2D eigenvalue weighted by molar-refractivity contribution is 5.68. The highest BCUT2D eigenvalue weighted by Gasteiger charge is 2.13. The van der Waals surface area contributed by atoms with Gasteiger partial charge in [0, 0.05) is 11.6 Å². The van der Waals surface area contributed by atoms with Crippen LogP contribution in [0.4, 0.5) is 14.9 Å². The third-order valence-electron chi connectivity index (χ3n) is 2.30. The summed E-state index contributed by atoms with van der Waals surface area (Å²) in [6.45, 7) is 5.39. The maximum atomic E-state index is 13.5. The molecular weight excluding hydrogens is 275 g/mol. The van der Waals surface area contributed by atoms with E-state index in [1.54, 1.807) is 0 Å². The van der Waals surface area contributed by atoms with E-state index in [9.17, 15) is 9.18 Å². The molecule has 21 heavy (non-hydrogen) atoms. The SMILES string of the molecule is COc1cc(N)c(C#CCOC(=O)NC(C)(C)C)cc1F. The Morgan fingerprint density at radius 2 is 2.10 bits per heavy atom. The van der Waals surface area contributed by atoms with Crippen LogP contribution >= 0.6 is 0 Å². The van der Waals surface area contributed by atoms with Crippen LogP contribution in [0.5, 0.6) is 5.75 Å². The number of ether oxygens (including phenoxy) is 2. The summed E-state index contributed by atoms with van der Waals surface area (Å²) in [5, 5.41) is 2.62. The summed E-state index contributed by atoms with van der Waals surface area (Å²) in [6.07, 6.45) is -0.564. The Morgan fingerprint density at radius 3 is 2.67 bits per heavy atom. The molecule has 1 aromatic carbocycles. The molecule has 1 rings (SSSR count). The van der Waals surface area contributed by atoms with Gasteiger partial charge in [-0.2, -0.15) is 0 Å². The Labute approximate surface area is 123 Å². The second kappa shape index (κ2) is 6.84. The van der Waals surface area contributed by atoms with Crippen LogP contribution in [-0.2, 0) is 4.74 Å². The van der Waals surface area contributed by atoms with Crippen molar-refractivity contribution in [3.05, 3.63) is 23.5 Å². The minimum atomic E-state index is -0.564. The zero-order chi connectivity index (χ0) is 16.0. The fourth-order valence-electron chi connectivity index (χ4n) is 1.41. The molecule has 1 amide bonds. The highest BCUT2D eigenvalue weighted by atomic mass is 19.1. The third-order valence-corrected chi connectivity index (χ3v) is 2.30. The molecule has 0 unspecified atom stereocenters. The molecule has 0 saturated heterocycles. The summed E-state index contributed by atoms with van der Waals surface area (Å²) >= 11 is 0. The van der Waals surface area contributed by atoms with Gasteiger partial charge >= 0.3 is 6.09 Å². The number of carbonyl (C=O) groups excluding carboxylic acids is 1. The van der Waals surface area contributed by atoms with Gasteiger partial charge in [-0.05, 0) is 26.8 Å². The van der Waals surface area contributed by atoms with Gasteiger partial charge in [0.05, 0.1) is 18.4 Å². The summed E-state index contributed by atoms with van der Waals surface area (Å²) < 4.78 is 23.2. The quantitative estimate of drug-likeness (QED) is 0.648. The van der Waals surface area contributed by atoms with E-state index in [1.165, 1.54) is 19.2 Å². The maximum Gasteiger partial charge on any atom is 0.408 e. The standard InChI is InChI=1S/C15H19FN2O3/c1-15(2,3)18-14(19)21-7-5-6-10-8-11(16)13(20-4)9-12(10)17/h8-9H,7,17H2,1-4H3,(H,18,19). The molecule has 5 nitrogen and oxygen atoms in total. The lowest BCUT2D eigenvalue weighted by atomic mass is 10.1. The molecule has 0 aliphatic rings. The molecule has 0 aliphatic carbocycles. The van der Waals surface area contributed by atoms with Crippen LogP contribution < -0.4 is 15.8 Å². The number of carbonyl (C=O) groups is 1. The molecule has 6 heteroatoms. The second-order valence-electron chi connectivity index (χ2n) is 5.33. The second-order valence-corrected chi connectivity index (χ2v) is 5.33. The number of hydrogen-bond acceptors (Lipinski definition) is 4. The van der Waals surface area contributed by atoms with E-state index in [1.807, 2.05) is 20.8 Å². The number of nitrogen functional groups attached to an aromatic ring is 1. The zero-order valence-corrected chi connectivity index (χ0v) is 12.5. The fraction of sp³-hybridized carbons (Fsp3) is 0.400. The van der Waals surface area contributed by atoms with Crippen LogP contribution in [0, 0.1) is 17.7 Å². The Balaban J connectivity index is 2.64. The van der Waals surface area contributed by atoms with Gasteiger partial charge in [-0.1, -0.05) is 11.8 Å². The van der Waals surface area contributed by atoms with E-state index < -0.39 is 11.9 Å².